The summed E-state index contributed by atoms with van der Waals surface area (Å²) in [5.74, 6) is -3.72. The average Bonchev–Trinajstić information content (AvgIpc) is 2.72. The number of hydrogen-bond acceptors (Lipinski definition) is 7. The molecule has 6 unspecified atom stereocenters. The second-order valence-corrected chi connectivity index (χ2v) is 8.55. The number of rotatable bonds is 15. The monoisotopic (exact) mass is 459 g/mol. The molecule has 0 aromatic heterocycles. The SMILES string of the molecule is CCC(C)C(N)C(=O)NC(C(=O)NC(C(=O)NC(CCCCN)C(=O)O)C(C)C)C(C)O. The fourth-order valence-corrected chi connectivity index (χ4v) is 2.96. The van der Waals surface area contributed by atoms with Crippen LogP contribution in [0.5, 0.6) is 0 Å². The Morgan fingerprint density at radius 3 is 1.84 bits per heavy atom. The summed E-state index contributed by atoms with van der Waals surface area (Å²) in [4.78, 5) is 49.4. The van der Waals surface area contributed by atoms with Gasteiger partial charge in [-0.3, -0.25) is 14.4 Å². The largest absolute Gasteiger partial charge is 0.480 e. The van der Waals surface area contributed by atoms with Crippen LogP contribution in [0.2, 0.25) is 0 Å². The van der Waals surface area contributed by atoms with Gasteiger partial charge in [-0.05, 0) is 44.6 Å². The molecule has 186 valence electrons. The first kappa shape index (κ1) is 29.8. The van der Waals surface area contributed by atoms with Gasteiger partial charge in [0.2, 0.25) is 17.7 Å². The van der Waals surface area contributed by atoms with E-state index in [4.69, 9.17) is 11.5 Å². The third kappa shape index (κ3) is 9.92. The highest BCUT2D eigenvalue weighted by atomic mass is 16.4. The van der Waals surface area contributed by atoms with Crippen LogP contribution < -0.4 is 27.4 Å². The van der Waals surface area contributed by atoms with Gasteiger partial charge in [0.15, 0.2) is 0 Å². The predicted octanol–water partition coefficient (Wildman–Crippen LogP) is -0.935. The van der Waals surface area contributed by atoms with Gasteiger partial charge in [0, 0.05) is 0 Å². The minimum Gasteiger partial charge on any atom is -0.480 e. The van der Waals surface area contributed by atoms with Gasteiger partial charge in [0.05, 0.1) is 12.1 Å². The maximum absolute atomic E-state index is 12.8. The van der Waals surface area contributed by atoms with Crippen LogP contribution in [0.3, 0.4) is 0 Å². The second-order valence-electron chi connectivity index (χ2n) is 8.55. The average molecular weight is 460 g/mol. The number of carboxylic acid groups (broad SMARTS) is 1. The molecule has 11 nitrogen and oxygen atoms in total. The molecule has 3 amide bonds. The summed E-state index contributed by atoms with van der Waals surface area (Å²) in [5.41, 5.74) is 11.3. The number of hydrogen-bond donors (Lipinski definition) is 7. The Hall–Kier alpha value is -2.24. The number of carbonyl (C=O) groups excluding carboxylic acids is 3. The number of amides is 3. The van der Waals surface area contributed by atoms with Crippen LogP contribution in [-0.2, 0) is 19.2 Å². The molecule has 9 N–H and O–H groups in total. The molecule has 0 spiro atoms. The Kier molecular flexibility index (Phi) is 13.7. The van der Waals surface area contributed by atoms with Crippen molar-refractivity contribution in [3.63, 3.8) is 0 Å². The minimum atomic E-state index is -1.33. The molecule has 0 aromatic carbocycles. The molecule has 0 rings (SSSR count). The van der Waals surface area contributed by atoms with Crippen LogP contribution in [0.25, 0.3) is 0 Å². The van der Waals surface area contributed by atoms with Gasteiger partial charge in [0.25, 0.3) is 0 Å². The van der Waals surface area contributed by atoms with Gasteiger partial charge in [0.1, 0.15) is 18.1 Å². The number of nitrogens with two attached hydrogens (primary N) is 2. The lowest BCUT2D eigenvalue weighted by Gasteiger charge is -2.28. The maximum Gasteiger partial charge on any atom is 0.326 e. The van der Waals surface area contributed by atoms with Crippen molar-refractivity contribution in [2.75, 3.05) is 6.54 Å². The summed E-state index contributed by atoms with van der Waals surface area (Å²) in [7, 11) is 0. The minimum absolute atomic E-state index is 0.130. The molecule has 0 radical (unpaired) electrons. The molecule has 0 fully saturated rings. The number of aliphatic hydroxyl groups excluding tert-OH is 1. The fraction of sp³-hybridized carbons (Fsp3) is 0.810. The van der Waals surface area contributed by atoms with Crippen LogP contribution in [-0.4, -0.2) is 70.7 Å². The Balaban J connectivity index is 5.32. The number of carboxylic acids is 1. The Morgan fingerprint density at radius 2 is 1.41 bits per heavy atom. The van der Waals surface area contributed by atoms with Crippen molar-refractivity contribution in [1.82, 2.24) is 16.0 Å². The molecule has 32 heavy (non-hydrogen) atoms. The van der Waals surface area contributed by atoms with E-state index in [1.807, 2.05) is 6.92 Å². The van der Waals surface area contributed by atoms with Crippen molar-refractivity contribution < 1.29 is 29.4 Å². The van der Waals surface area contributed by atoms with E-state index in [0.717, 1.165) is 0 Å². The quantitative estimate of drug-likeness (QED) is 0.152. The molecule has 0 bridgehead atoms. The smallest absolute Gasteiger partial charge is 0.326 e. The zero-order chi connectivity index (χ0) is 25.0. The summed E-state index contributed by atoms with van der Waals surface area (Å²) >= 11 is 0. The normalized spacial score (nSPS) is 16.9. The van der Waals surface area contributed by atoms with E-state index in [0.29, 0.717) is 25.8 Å². The highest BCUT2D eigenvalue weighted by Crippen LogP contribution is 2.09. The Morgan fingerprint density at radius 1 is 0.875 bits per heavy atom. The van der Waals surface area contributed by atoms with E-state index in [1.54, 1.807) is 20.8 Å². The van der Waals surface area contributed by atoms with Crippen molar-refractivity contribution in [2.24, 2.45) is 23.3 Å². The lowest BCUT2D eigenvalue weighted by Crippen LogP contribution is -2.61. The van der Waals surface area contributed by atoms with Crippen LogP contribution in [0.15, 0.2) is 0 Å². The number of aliphatic carboxylic acids is 1. The van der Waals surface area contributed by atoms with Crippen LogP contribution in [0, 0.1) is 11.8 Å². The molecular weight excluding hydrogens is 418 g/mol. The van der Waals surface area contributed by atoms with Crippen molar-refractivity contribution in [3.8, 4) is 0 Å². The van der Waals surface area contributed by atoms with Crippen LogP contribution >= 0.6 is 0 Å². The third-order valence-electron chi connectivity index (χ3n) is 5.43. The molecule has 6 atom stereocenters. The van der Waals surface area contributed by atoms with Crippen LogP contribution in [0.1, 0.15) is 60.3 Å². The van der Waals surface area contributed by atoms with Gasteiger partial charge in [-0.2, -0.15) is 0 Å². The first-order chi connectivity index (χ1) is 14.9. The summed E-state index contributed by atoms with van der Waals surface area (Å²) in [6.45, 7) is 8.79. The van der Waals surface area contributed by atoms with E-state index in [9.17, 15) is 29.4 Å². The Labute approximate surface area is 190 Å². The van der Waals surface area contributed by atoms with Gasteiger partial charge >= 0.3 is 5.97 Å². The van der Waals surface area contributed by atoms with E-state index in [2.05, 4.69) is 16.0 Å². The zero-order valence-electron chi connectivity index (χ0n) is 19.8. The molecule has 0 aliphatic rings. The summed E-state index contributed by atoms with van der Waals surface area (Å²) < 4.78 is 0. The van der Waals surface area contributed by atoms with Crippen molar-refractivity contribution in [1.29, 1.82) is 0 Å². The summed E-state index contributed by atoms with van der Waals surface area (Å²) in [6, 6.07) is -4.37. The number of unbranched alkanes of at least 4 members (excludes halogenated alkanes) is 1. The van der Waals surface area contributed by atoms with Crippen molar-refractivity contribution >= 4 is 23.7 Å². The van der Waals surface area contributed by atoms with E-state index in [-0.39, 0.29) is 18.3 Å². The molecule has 11 heteroatoms. The van der Waals surface area contributed by atoms with Crippen molar-refractivity contribution in [2.45, 2.75) is 90.6 Å². The lowest BCUT2D eigenvalue weighted by molar-refractivity contribution is -0.143. The van der Waals surface area contributed by atoms with Gasteiger partial charge in [-0.1, -0.05) is 34.1 Å². The molecule has 0 saturated heterocycles. The number of carbonyl (C=O) groups is 4. The number of nitrogens with one attached hydrogen (secondary N) is 3. The maximum atomic E-state index is 12.8. The van der Waals surface area contributed by atoms with Gasteiger partial charge in [-0.25, -0.2) is 4.79 Å². The summed E-state index contributed by atoms with van der Waals surface area (Å²) in [6.07, 6.45) is 0.766. The molecule has 0 aliphatic heterocycles. The lowest BCUT2D eigenvalue weighted by atomic mass is 9.98. The molecule has 0 aromatic rings. The fourth-order valence-electron chi connectivity index (χ4n) is 2.96. The first-order valence-electron chi connectivity index (χ1n) is 11.1. The Bertz CT molecular complexity index is 628. The van der Waals surface area contributed by atoms with Crippen LogP contribution in [0.4, 0.5) is 0 Å². The van der Waals surface area contributed by atoms with Crippen molar-refractivity contribution in [3.05, 3.63) is 0 Å². The third-order valence-corrected chi connectivity index (χ3v) is 5.43. The standard InChI is InChI=1S/C21H41N5O6/c1-6-12(4)15(23)18(28)26-17(13(5)27)20(30)25-16(11(2)3)19(29)24-14(21(31)32)9-7-8-10-22/h11-17,27H,6-10,22-23H2,1-5H3,(H,24,29)(H,25,30)(H,26,28)(H,31,32). The molecule has 0 heterocycles. The number of aliphatic hydroxyl groups is 1. The molecule has 0 aliphatic carbocycles. The van der Waals surface area contributed by atoms with E-state index >= 15 is 0 Å². The zero-order valence-corrected chi connectivity index (χ0v) is 19.8. The van der Waals surface area contributed by atoms with E-state index in [1.165, 1.54) is 6.92 Å². The predicted molar refractivity (Wildman–Crippen MR) is 120 cm³/mol. The highest BCUT2D eigenvalue weighted by molar-refractivity contribution is 5.94. The molecular formula is C21H41N5O6. The van der Waals surface area contributed by atoms with Gasteiger partial charge < -0.3 is 37.6 Å². The topological polar surface area (TPSA) is 197 Å². The molecule has 0 saturated carbocycles. The summed E-state index contributed by atoms with van der Waals surface area (Å²) in [5, 5.41) is 26.8. The first-order valence-corrected chi connectivity index (χ1v) is 11.1. The second kappa shape index (κ2) is 14.8. The van der Waals surface area contributed by atoms with Gasteiger partial charge in [-0.15, -0.1) is 0 Å². The van der Waals surface area contributed by atoms with E-state index < -0.39 is 54.0 Å². The highest BCUT2D eigenvalue weighted by Gasteiger charge is 2.34.